The first kappa shape index (κ1) is 15.4. The quantitative estimate of drug-likeness (QED) is 0.878. The van der Waals surface area contributed by atoms with Crippen LogP contribution in [0.5, 0.6) is 5.75 Å². The van der Waals surface area contributed by atoms with Crippen LogP contribution in [0.25, 0.3) is 0 Å². The minimum atomic E-state index is -0.0685. The lowest BCUT2D eigenvalue weighted by Gasteiger charge is -2.28. The molecule has 0 saturated heterocycles. The van der Waals surface area contributed by atoms with E-state index in [0.29, 0.717) is 0 Å². The highest BCUT2D eigenvalue weighted by molar-refractivity contribution is 5.61. The van der Waals surface area contributed by atoms with Gasteiger partial charge in [0.2, 0.25) is 0 Å². The molecule has 0 unspecified atom stereocenters. The molecule has 0 aromatic heterocycles. The predicted octanol–water partition coefficient (Wildman–Crippen LogP) is 3.74. The molecule has 0 radical (unpaired) electrons. The molecule has 0 aliphatic carbocycles. The van der Waals surface area contributed by atoms with E-state index in [1.54, 1.807) is 7.11 Å². The molecule has 2 aromatic carbocycles. The van der Waals surface area contributed by atoms with E-state index in [4.69, 9.17) is 10.5 Å². The molecule has 3 nitrogen and oxygen atoms in total. The average Bonchev–Trinajstić information content (AvgIpc) is 2.52. The molecule has 1 atom stereocenters. The molecule has 2 N–H and O–H groups in total. The van der Waals surface area contributed by atoms with E-state index >= 15 is 0 Å². The Kier molecular flexibility index (Phi) is 5.23. The summed E-state index contributed by atoms with van der Waals surface area (Å²) in [5.74, 6) is 0.856. The maximum atomic E-state index is 6.17. The summed E-state index contributed by atoms with van der Waals surface area (Å²) in [6.07, 6.45) is 0. The van der Waals surface area contributed by atoms with Crippen molar-refractivity contribution in [2.75, 3.05) is 18.6 Å². The van der Waals surface area contributed by atoms with Crippen molar-refractivity contribution in [2.45, 2.75) is 26.4 Å². The second-order valence-electron chi connectivity index (χ2n) is 5.18. The Morgan fingerprint density at radius 2 is 1.81 bits per heavy atom. The van der Waals surface area contributed by atoms with Gasteiger partial charge in [-0.2, -0.15) is 0 Å². The van der Waals surface area contributed by atoms with Crippen molar-refractivity contribution in [3.05, 3.63) is 59.7 Å². The van der Waals surface area contributed by atoms with E-state index in [1.165, 1.54) is 5.56 Å². The van der Waals surface area contributed by atoms with E-state index in [9.17, 15) is 0 Å². The lowest BCUT2D eigenvalue weighted by atomic mass is 10.0. The highest BCUT2D eigenvalue weighted by atomic mass is 16.5. The van der Waals surface area contributed by atoms with Gasteiger partial charge in [0.15, 0.2) is 0 Å². The normalized spacial score (nSPS) is 12.0. The first-order valence-corrected chi connectivity index (χ1v) is 7.38. The molecular formula is C18H24N2O. The molecule has 0 aliphatic rings. The Morgan fingerprint density at radius 1 is 1.10 bits per heavy atom. The molecule has 0 spiro atoms. The van der Waals surface area contributed by atoms with Crippen LogP contribution >= 0.6 is 0 Å². The molecule has 2 aromatic rings. The average molecular weight is 284 g/mol. The van der Waals surface area contributed by atoms with Crippen LogP contribution in [0, 0.1) is 0 Å². The van der Waals surface area contributed by atoms with Crippen molar-refractivity contribution in [3.8, 4) is 5.75 Å². The number of anilines is 1. The molecule has 0 amide bonds. The monoisotopic (exact) mass is 284 g/mol. The molecule has 0 saturated carbocycles. The number of nitrogens with zero attached hydrogens (tertiary/aromatic N) is 1. The lowest BCUT2D eigenvalue weighted by molar-refractivity contribution is 0.407. The molecule has 0 heterocycles. The fourth-order valence-electron chi connectivity index (χ4n) is 2.61. The molecule has 3 heteroatoms. The number of hydrogen-bond donors (Lipinski definition) is 1. The smallest absolute Gasteiger partial charge is 0.125 e. The predicted molar refractivity (Wildman–Crippen MR) is 88.8 cm³/mol. The van der Waals surface area contributed by atoms with E-state index < -0.39 is 0 Å². The SMILES string of the molecule is CCN(Cc1ccccc1)c1cccc(OC)c1[C@H](C)N. The van der Waals surface area contributed by atoms with Gasteiger partial charge in [0, 0.05) is 30.4 Å². The zero-order valence-electron chi connectivity index (χ0n) is 13.0. The van der Waals surface area contributed by atoms with E-state index in [2.05, 4.69) is 42.2 Å². The highest BCUT2D eigenvalue weighted by Gasteiger charge is 2.17. The summed E-state index contributed by atoms with van der Waals surface area (Å²) in [5, 5.41) is 0. The summed E-state index contributed by atoms with van der Waals surface area (Å²) in [6, 6.07) is 16.5. The topological polar surface area (TPSA) is 38.5 Å². The van der Waals surface area contributed by atoms with Gasteiger partial charge in [-0.15, -0.1) is 0 Å². The largest absolute Gasteiger partial charge is 0.496 e. The number of hydrogen-bond acceptors (Lipinski definition) is 3. The third-order valence-corrected chi connectivity index (χ3v) is 3.66. The highest BCUT2D eigenvalue weighted by Crippen LogP contribution is 2.34. The van der Waals surface area contributed by atoms with Crippen LogP contribution in [0.1, 0.15) is 31.0 Å². The molecule has 0 fully saturated rings. The lowest BCUT2D eigenvalue weighted by Crippen LogP contribution is -2.25. The molecular weight excluding hydrogens is 260 g/mol. The van der Waals surface area contributed by atoms with Crippen molar-refractivity contribution in [1.29, 1.82) is 0 Å². The van der Waals surface area contributed by atoms with Crippen molar-refractivity contribution < 1.29 is 4.74 Å². The fraction of sp³-hybridized carbons (Fsp3) is 0.333. The van der Waals surface area contributed by atoms with Crippen molar-refractivity contribution in [1.82, 2.24) is 0 Å². The minimum absolute atomic E-state index is 0.0685. The first-order chi connectivity index (χ1) is 10.2. The maximum Gasteiger partial charge on any atom is 0.125 e. The number of benzene rings is 2. The third kappa shape index (κ3) is 3.56. The van der Waals surface area contributed by atoms with Crippen LogP contribution in [-0.4, -0.2) is 13.7 Å². The number of ether oxygens (including phenoxy) is 1. The van der Waals surface area contributed by atoms with Gasteiger partial charge in [-0.3, -0.25) is 0 Å². The number of rotatable bonds is 6. The van der Waals surface area contributed by atoms with E-state index in [-0.39, 0.29) is 6.04 Å². The summed E-state index contributed by atoms with van der Waals surface area (Å²) in [4.78, 5) is 2.33. The second-order valence-corrected chi connectivity index (χ2v) is 5.18. The van der Waals surface area contributed by atoms with Crippen molar-refractivity contribution >= 4 is 5.69 Å². The summed E-state index contributed by atoms with van der Waals surface area (Å²) in [5.41, 5.74) is 9.68. The number of methoxy groups -OCH3 is 1. The first-order valence-electron chi connectivity index (χ1n) is 7.38. The molecule has 112 valence electrons. The Bertz CT molecular complexity index is 567. The van der Waals surface area contributed by atoms with Gasteiger partial charge in [0.1, 0.15) is 5.75 Å². The molecule has 2 rings (SSSR count). The maximum absolute atomic E-state index is 6.17. The second kappa shape index (κ2) is 7.14. The third-order valence-electron chi connectivity index (χ3n) is 3.66. The van der Waals surface area contributed by atoms with Crippen LogP contribution in [0.2, 0.25) is 0 Å². The summed E-state index contributed by atoms with van der Waals surface area (Å²) >= 11 is 0. The van der Waals surface area contributed by atoms with Gasteiger partial charge in [0.25, 0.3) is 0 Å². The number of nitrogens with two attached hydrogens (primary N) is 1. The van der Waals surface area contributed by atoms with Gasteiger partial charge < -0.3 is 15.4 Å². The van der Waals surface area contributed by atoms with Crippen LogP contribution in [-0.2, 0) is 6.54 Å². The van der Waals surface area contributed by atoms with E-state index in [0.717, 1.165) is 30.1 Å². The van der Waals surface area contributed by atoms with Gasteiger partial charge in [-0.25, -0.2) is 0 Å². The van der Waals surface area contributed by atoms with Gasteiger partial charge in [0.05, 0.1) is 7.11 Å². The Balaban J connectivity index is 2.38. The van der Waals surface area contributed by atoms with Gasteiger partial charge in [-0.05, 0) is 31.5 Å². The Labute approximate surface area is 127 Å². The van der Waals surface area contributed by atoms with Crippen LogP contribution in [0.4, 0.5) is 5.69 Å². The van der Waals surface area contributed by atoms with Crippen molar-refractivity contribution in [2.24, 2.45) is 5.73 Å². The van der Waals surface area contributed by atoms with Crippen LogP contribution in [0.15, 0.2) is 48.5 Å². The Hall–Kier alpha value is -2.00. The summed E-state index contributed by atoms with van der Waals surface area (Å²) in [6.45, 7) is 5.94. The van der Waals surface area contributed by atoms with Gasteiger partial charge in [-0.1, -0.05) is 36.4 Å². The standard InChI is InChI=1S/C18H24N2O/c1-4-20(13-15-9-6-5-7-10-15)16-11-8-12-17(21-3)18(16)14(2)19/h5-12,14H,4,13,19H2,1-3H3/t14-/m0/s1. The minimum Gasteiger partial charge on any atom is -0.496 e. The molecule has 0 bridgehead atoms. The van der Waals surface area contributed by atoms with Crippen LogP contribution in [0.3, 0.4) is 0 Å². The van der Waals surface area contributed by atoms with Crippen molar-refractivity contribution in [3.63, 3.8) is 0 Å². The molecule has 21 heavy (non-hydrogen) atoms. The molecule has 0 aliphatic heterocycles. The van der Waals surface area contributed by atoms with Crippen LogP contribution < -0.4 is 15.4 Å². The fourth-order valence-corrected chi connectivity index (χ4v) is 2.61. The van der Waals surface area contributed by atoms with E-state index in [1.807, 2.05) is 25.1 Å². The Morgan fingerprint density at radius 3 is 2.38 bits per heavy atom. The summed E-state index contributed by atoms with van der Waals surface area (Å²) < 4.78 is 5.49. The zero-order chi connectivity index (χ0) is 15.2. The van der Waals surface area contributed by atoms with Gasteiger partial charge >= 0.3 is 0 Å². The summed E-state index contributed by atoms with van der Waals surface area (Å²) in [7, 11) is 1.69. The zero-order valence-corrected chi connectivity index (χ0v) is 13.0.